The van der Waals surface area contributed by atoms with Crippen LogP contribution in [0.5, 0.6) is 17.2 Å². The van der Waals surface area contributed by atoms with Gasteiger partial charge in [0.1, 0.15) is 30.5 Å². The van der Waals surface area contributed by atoms with Crippen LogP contribution in [0.25, 0.3) is 0 Å². The zero-order valence-corrected chi connectivity index (χ0v) is 21.6. The van der Waals surface area contributed by atoms with Gasteiger partial charge in [-0.15, -0.1) is 0 Å². The predicted molar refractivity (Wildman–Crippen MR) is 139 cm³/mol. The van der Waals surface area contributed by atoms with Gasteiger partial charge in [-0.1, -0.05) is 36.4 Å². The van der Waals surface area contributed by atoms with Gasteiger partial charge in [0, 0.05) is 6.42 Å². The van der Waals surface area contributed by atoms with Crippen molar-refractivity contribution in [2.45, 2.75) is 44.7 Å². The Morgan fingerprint density at radius 3 is 1.68 bits per heavy atom. The van der Waals surface area contributed by atoms with E-state index in [0.29, 0.717) is 29.4 Å². The van der Waals surface area contributed by atoms with Crippen molar-refractivity contribution in [2.24, 2.45) is 0 Å². The molecule has 1 aliphatic heterocycles. The summed E-state index contributed by atoms with van der Waals surface area (Å²) in [6, 6.07) is 21.1. The van der Waals surface area contributed by atoms with Crippen LogP contribution in [0, 0.1) is 0 Å². The van der Waals surface area contributed by atoms with Crippen molar-refractivity contribution < 1.29 is 38.0 Å². The first-order valence-corrected chi connectivity index (χ1v) is 12.5. The third kappa shape index (κ3) is 7.49. The first kappa shape index (κ1) is 27.0. The van der Waals surface area contributed by atoms with Crippen LogP contribution in [0.15, 0.2) is 72.8 Å². The summed E-state index contributed by atoms with van der Waals surface area (Å²) >= 11 is 0. The summed E-state index contributed by atoms with van der Waals surface area (Å²) in [7, 11) is 3.16. The highest BCUT2D eigenvalue weighted by atomic mass is 16.7. The second kappa shape index (κ2) is 13.5. The molecular weight excluding hydrogens is 488 g/mol. The lowest BCUT2D eigenvalue weighted by Gasteiger charge is -2.23. The van der Waals surface area contributed by atoms with Gasteiger partial charge in [-0.25, -0.2) is 0 Å². The SMILES string of the molecule is COc1ccc(COC(=O)C(C(=O)OCc2ccc(OC)cc2)c2ccc(OC3CCCCO3)cc2)cc1. The van der Waals surface area contributed by atoms with Gasteiger partial charge in [-0.05, 0) is 65.9 Å². The van der Waals surface area contributed by atoms with Gasteiger partial charge in [0.25, 0.3) is 0 Å². The van der Waals surface area contributed by atoms with Gasteiger partial charge in [0.2, 0.25) is 0 Å². The largest absolute Gasteiger partial charge is 0.497 e. The molecule has 0 N–H and O–H groups in total. The van der Waals surface area contributed by atoms with E-state index in [9.17, 15) is 9.59 Å². The van der Waals surface area contributed by atoms with E-state index < -0.39 is 17.9 Å². The number of esters is 2. The van der Waals surface area contributed by atoms with E-state index in [1.54, 1.807) is 87.0 Å². The molecule has 0 aliphatic carbocycles. The topological polar surface area (TPSA) is 89.5 Å². The standard InChI is InChI=1S/C30H32O8/c1-33-24-12-6-21(7-13-24)19-36-29(31)28(30(32)37-20-22-8-14-25(34-2)15-9-22)23-10-16-26(17-11-23)38-27-5-3-4-18-35-27/h6-17,27-28H,3-5,18-20H2,1-2H3. The number of hydrogen-bond donors (Lipinski definition) is 0. The molecule has 1 unspecified atom stereocenters. The van der Waals surface area contributed by atoms with Crippen LogP contribution in [-0.4, -0.2) is 39.1 Å². The molecule has 0 aromatic heterocycles. The van der Waals surface area contributed by atoms with E-state index >= 15 is 0 Å². The fourth-order valence-corrected chi connectivity index (χ4v) is 3.98. The van der Waals surface area contributed by atoms with Crippen LogP contribution < -0.4 is 14.2 Å². The first-order valence-electron chi connectivity index (χ1n) is 12.5. The Kier molecular flexibility index (Phi) is 9.59. The van der Waals surface area contributed by atoms with Gasteiger partial charge < -0.3 is 28.4 Å². The van der Waals surface area contributed by atoms with Gasteiger partial charge >= 0.3 is 11.9 Å². The number of benzene rings is 3. The zero-order valence-electron chi connectivity index (χ0n) is 21.6. The Labute approximate surface area is 222 Å². The Bertz CT molecular complexity index is 1100. The van der Waals surface area contributed by atoms with Crippen LogP contribution in [-0.2, 0) is 37.0 Å². The summed E-state index contributed by atoms with van der Waals surface area (Å²) in [5.41, 5.74) is 1.97. The molecule has 1 fully saturated rings. The highest BCUT2D eigenvalue weighted by Crippen LogP contribution is 2.26. The highest BCUT2D eigenvalue weighted by molar-refractivity contribution is 6.00. The molecular formula is C30H32O8. The molecule has 0 spiro atoms. The molecule has 1 heterocycles. The Morgan fingerprint density at radius 2 is 1.24 bits per heavy atom. The minimum Gasteiger partial charge on any atom is -0.497 e. The minimum atomic E-state index is -1.26. The predicted octanol–water partition coefficient (Wildman–Crippen LogP) is 5.18. The average Bonchev–Trinajstić information content (AvgIpc) is 2.97. The molecule has 0 radical (unpaired) electrons. The van der Waals surface area contributed by atoms with Gasteiger partial charge in [-0.3, -0.25) is 9.59 Å². The Hall–Kier alpha value is -4.04. The van der Waals surface area contributed by atoms with Crippen molar-refractivity contribution in [1.29, 1.82) is 0 Å². The van der Waals surface area contributed by atoms with E-state index in [1.807, 2.05) is 0 Å². The van der Waals surface area contributed by atoms with E-state index in [4.69, 9.17) is 28.4 Å². The second-order valence-electron chi connectivity index (χ2n) is 8.83. The van der Waals surface area contributed by atoms with Crippen LogP contribution in [0.1, 0.15) is 41.9 Å². The lowest BCUT2D eigenvalue weighted by molar-refractivity contribution is -0.159. The minimum absolute atomic E-state index is 0.00526. The molecule has 8 nitrogen and oxygen atoms in total. The molecule has 1 atom stereocenters. The number of hydrogen-bond acceptors (Lipinski definition) is 8. The van der Waals surface area contributed by atoms with Gasteiger partial charge in [0.15, 0.2) is 12.2 Å². The maximum Gasteiger partial charge on any atom is 0.325 e. The second-order valence-corrected chi connectivity index (χ2v) is 8.83. The molecule has 8 heteroatoms. The number of carbonyl (C=O) groups excluding carboxylic acids is 2. The van der Waals surface area contributed by atoms with Crippen LogP contribution in [0.3, 0.4) is 0 Å². The van der Waals surface area contributed by atoms with Crippen molar-refractivity contribution in [3.8, 4) is 17.2 Å². The lowest BCUT2D eigenvalue weighted by atomic mass is 9.99. The van der Waals surface area contributed by atoms with E-state index in [2.05, 4.69) is 0 Å². The quantitative estimate of drug-likeness (QED) is 0.252. The normalized spacial score (nSPS) is 15.0. The van der Waals surface area contributed by atoms with Crippen molar-refractivity contribution in [3.05, 3.63) is 89.5 Å². The lowest BCUT2D eigenvalue weighted by Crippen LogP contribution is -2.26. The van der Waals surface area contributed by atoms with Crippen molar-refractivity contribution in [2.75, 3.05) is 20.8 Å². The molecule has 0 saturated carbocycles. The van der Waals surface area contributed by atoms with E-state index in [0.717, 1.165) is 30.4 Å². The van der Waals surface area contributed by atoms with Crippen molar-refractivity contribution in [3.63, 3.8) is 0 Å². The third-order valence-electron chi connectivity index (χ3n) is 6.17. The summed E-state index contributed by atoms with van der Waals surface area (Å²) in [4.78, 5) is 26.3. The Balaban J connectivity index is 1.45. The first-order chi connectivity index (χ1) is 18.6. The van der Waals surface area contributed by atoms with Crippen LogP contribution in [0.4, 0.5) is 0 Å². The number of rotatable bonds is 11. The van der Waals surface area contributed by atoms with E-state index in [1.165, 1.54) is 0 Å². The molecule has 1 saturated heterocycles. The van der Waals surface area contributed by atoms with Gasteiger partial charge in [0.05, 0.1) is 20.8 Å². The fourth-order valence-electron chi connectivity index (χ4n) is 3.98. The summed E-state index contributed by atoms with van der Waals surface area (Å²) in [5.74, 6) is -0.680. The van der Waals surface area contributed by atoms with E-state index in [-0.39, 0.29) is 19.5 Å². The molecule has 38 heavy (non-hydrogen) atoms. The monoisotopic (exact) mass is 520 g/mol. The summed E-state index contributed by atoms with van der Waals surface area (Å²) < 4.78 is 32.9. The smallest absolute Gasteiger partial charge is 0.325 e. The molecule has 200 valence electrons. The maximum atomic E-state index is 13.2. The molecule has 0 bridgehead atoms. The fraction of sp³-hybridized carbons (Fsp3) is 0.333. The number of methoxy groups -OCH3 is 2. The summed E-state index contributed by atoms with van der Waals surface area (Å²) in [6.45, 7) is 0.682. The average molecular weight is 521 g/mol. The molecule has 4 rings (SSSR count). The van der Waals surface area contributed by atoms with Crippen LogP contribution >= 0.6 is 0 Å². The highest BCUT2D eigenvalue weighted by Gasteiger charge is 2.32. The van der Waals surface area contributed by atoms with Crippen molar-refractivity contribution >= 4 is 11.9 Å². The summed E-state index contributed by atoms with van der Waals surface area (Å²) in [6.07, 6.45) is 2.59. The molecule has 3 aromatic carbocycles. The number of carbonyl (C=O) groups is 2. The maximum absolute atomic E-state index is 13.2. The molecule has 1 aliphatic rings. The third-order valence-corrected chi connectivity index (χ3v) is 6.17. The van der Waals surface area contributed by atoms with Gasteiger partial charge in [-0.2, -0.15) is 0 Å². The zero-order chi connectivity index (χ0) is 26.7. The van der Waals surface area contributed by atoms with Crippen molar-refractivity contribution in [1.82, 2.24) is 0 Å². The number of ether oxygens (including phenoxy) is 6. The Morgan fingerprint density at radius 1 is 0.737 bits per heavy atom. The summed E-state index contributed by atoms with van der Waals surface area (Å²) in [5, 5.41) is 0. The van der Waals surface area contributed by atoms with Crippen LogP contribution in [0.2, 0.25) is 0 Å². The molecule has 3 aromatic rings. The molecule has 0 amide bonds.